The van der Waals surface area contributed by atoms with Gasteiger partial charge in [0.05, 0.1) is 0 Å². The average Bonchev–Trinajstić information content (AvgIpc) is 2.80. The highest BCUT2D eigenvalue weighted by atomic mass is 19.3. The van der Waals surface area contributed by atoms with Crippen LogP contribution in [0.15, 0.2) is 12.4 Å². The molecule has 4 rings (SSSR count). The number of aromatic nitrogens is 4. The largest absolute Gasteiger partial charge is 0.381 e. The molecule has 0 aromatic carbocycles. The average molecular weight is 251 g/mol. The normalized spacial score (nSPS) is 32.7. The highest BCUT2D eigenvalue weighted by Crippen LogP contribution is 2.67. The number of nitrogen functional groups attached to an aromatic ring is 1. The fourth-order valence-electron chi connectivity index (χ4n) is 3.16. The van der Waals surface area contributed by atoms with Crippen LogP contribution in [0.4, 0.5) is 14.6 Å². The van der Waals surface area contributed by atoms with E-state index in [0.717, 1.165) is 5.82 Å². The summed E-state index contributed by atoms with van der Waals surface area (Å²) in [6.45, 7) is 0. The van der Waals surface area contributed by atoms with Crippen molar-refractivity contribution in [2.75, 3.05) is 5.73 Å². The van der Waals surface area contributed by atoms with Crippen molar-refractivity contribution >= 4 is 11.5 Å². The van der Waals surface area contributed by atoms with E-state index in [0.29, 0.717) is 24.3 Å². The van der Waals surface area contributed by atoms with Gasteiger partial charge in [-0.2, -0.15) is 0 Å². The second-order valence-corrected chi connectivity index (χ2v) is 5.12. The molecule has 2 fully saturated rings. The van der Waals surface area contributed by atoms with E-state index in [1.807, 2.05) is 0 Å². The van der Waals surface area contributed by atoms with Gasteiger partial charge in [-0.15, -0.1) is 10.2 Å². The van der Waals surface area contributed by atoms with Crippen LogP contribution in [0.2, 0.25) is 0 Å². The topological polar surface area (TPSA) is 69.1 Å². The van der Waals surface area contributed by atoms with Crippen LogP contribution in [0.25, 0.3) is 5.65 Å². The molecule has 2 saturated carbocycles. The summed E-state index contributed by atoms with van der Waals surface area (Å²) in [4.78, 5) is 3.93. The quantitative estimate of drug-likeness (QED) is 0.833. The first-order valence-electron chi connectivity index (χ1n) is 5.92. The molecule has 5 nitrogen and oxygen atoms in total. The molecule has 0 amide bonds. The summed E-state index contributed by atoms with van der Waals surface area (Å²) in [5, 5.41) is 8.07. The van der Waals surface area contributed by atoms with Crippen molar-refractivity contribution in [1.82, 2.24) is 19.6 Å². The Hall–Kier alpha value is -1.79. The molecule has 7 heteroatoms. The van der Waals surface area contributed by atoms with E-state index in [4.69, 9.17) is 5.73 Å². The summed E-state index contributed by atoms with van der Waals surface area (Å²) in [5.41, 5.74) is 6.19. The van der Waals surface area contributed by atoms with Gasteiger partial charge in [-0.25, -0.2) is 13.8 Å². The minimum absolute atomic E-state index is 0.0522. The first-order chi connectivity index (χ1) is 8.59. The minimum Gasteiger partial charge on any atom is -0.381 e. The SMILES string of the molecule is Nc1nccn2c([C@@H]3C[C@@H]4[C@H](C3)C4(F)F)nnc12. The van der Waals surface area contributed by atoms with Crippen LogP contribution in [0.3, 0.4) is 0 Å². The van der Waals surface area contributed by atoms with Crippen LogP contribution in [-0.2, 0) is 0 Å². The summed E-state index contributed by atoms with van der Waals surface area (Å²) in [6, 6.07) is 0. The molecule has 2 aliphatic rings. The van der Waals surface area contributed by atoms with E-state index in [1.165, 1.54) is 0 Å². The van der Waals surface area contributed by atoms with E-state index < -0.39 is 17.8 Å². The van der Waals surface area contributed by atoms with Crippen LogP contribution in [-0.4, -0.2) is 25.5 Å². The highest BCUT2D eigenvalue weighted by molar-refractivity contribution is 5.58. The molecular weight excluding hydrogens is 240 g/mol. The fourth-order valence-corrected chi connectivity index (χ4v) is 3.16. The number of hydrogen-bond donors (Lipinski definition) is 1. The Morgan fingerprint density at radius 3 is 2.72 bits per heavy atom. The van der Waals surface area contributed by atoms with Gasteiger partial charge in [-0.05, 0) is 12.8 Å². The lowest BCUT2D eigenvalue weighted by Crippen LogP contribution is -2.10. The standard InChI is InChI=1S/C11H11F2N5/c12-11(13)6-3-5(4-7(6)11)9-16-17-10-8(14)15-1-2-18(9)10/h1-2,5-7H,3-4H2,(H2,14,15)/t5-,6-,7+. The zero-order chi connectivity index (χ0) is 12.5. The van der Waals surface area contributed by atoms with Gasteiger partial charge in [0.25, 0.3) is 5.92 Å². The number of nitrogens with zero attached hydrogens (tertiary/aromatic N) is 4. The maximum Gasteiger partial charge on any atom is 0.254 e. The lowest BCUT2D eigenvalue weighted by Gasteiger charge is -2.12. The predicted molar refractivity (Wildman–Crippen MR) is 59.1 cm³/mol. The van der Waals surface area contributed by atoms with Gasteiger partial charge in [0.2, 0.25) is 5.65 Å². The molecule has 2 N–H and O–H groups in total. The van der Waals surface area contributed by atoms with Gasteiger partial charge in [0.15, 0.2) is 5.82 Å². The van der Waals surface area contributed by atoms with Crippen molar-refractivity contribution in [2.45, 2.75) is 24.7 Å². The van der Waals surface area contributed by atoms with Crippen LogP contribution >= 0.6 is 0 Å². The molecular formula is C11H11F2N5. The molecule has 3 atom stereocenters. The van der Waals surface area contributed by atoms with Crippen molar-refractivity contribution in [1.29, 1.82) is 0 Å². The Balaban J connectivity index is 1.71. The molecule has 0 radical (unpaired) electrons. The Labute approximate surface area is 101 Å². The molecule has 2 aliphatic carbocycles. The van der Waals surface area contributed by atoms with Gasteiger partial charge in [0, 0.05) is 30.1 Å². The van der Waals surface area contributed by atoms with E-state index in [2.05, 4.69) is 15.2 Å². The Kier molecular flexibility index (Phi) is 1.67. The van der Waals surface area contributed by atoms with Gasteiger partial charge >= 0.3 is 0 Å². The van der Waals surface area contributed by atoms with Crippen LogP contribution < -0.4 is 5.73 Å². The molecule has 0 bridgehead atoms. The Morgan fingerprint density at radius 1 is 1.28 bits per heavy atom. The van der Waals surface area contributed by atoms with Gasteiger partial charge in [-0.1, -0.05) is 0 Å². The lowest BCUT2D eigenvalue weighted by atomic mass is 10.0. The molecule has 94 valence electrons. The molecule has 2 aromatic rings. The molecule has 0 unspecified atom stereocenters. The minimum atomic E-state index is -2.45. The van der Waals surface area contributed by atoms with Crippen molar-refractivity contribution in [2.24, 2.45) is 11.8 Å². The van der Waals surface area contributed by atoms with Crippen molar-refractivity contribution in [3.8, 4) is 0 Å². The maximum atomic E-state index is 13.2. The maximum absolute atomic E-state index is 13.2. The van der Waals surface area contributed by atoms with E-state index >= 15 is 0 Å². The Morgan fingerprint density at radius 2 is 2.00 bits per heavy atom. The number of fused-ring (bicyclic) bond motifs is 2. The zero-order valence-corrected chi connectivity index (χ0v) is 9.42. The number of halogens is 2. The third kappa shape index (κ3) is 1.11. The van der Waals surface area contributed by atoms with Gasteiger partial charge in [0.1, 0.15) is 5.82 Å². The van der Waals surface area contributed by atoms with Crippen molar-refractivity contribution < 1.29 is 8.78 Å². The van der Waals surface area contributed by atoms with Crippen LogP contribution in [0.1, 0.15) is 24.6 Å². The molecule has 0 saturated heterocycles. The third-order valence-corrected chi connectivity index (χ3v) is 4.19. The predicted octanol–water partition coefficient (Wildman–Crippen LogP) is 1.47. The number of rotatable bonds is 1. The number of alkyl halides is 2. The summed E-state index contributed by atoms with van der Waals surface area (Å²) >= 11 is 0. The third-order valence-electron chi connectivity index (χ3n) is 4.19. The molecule has 18 heavy (non-hydrogen) atoms. The zero-order valence-electron chi connectivity index (χ0n) is 9.42. The van der Waals surface area contributed by atoms with Crippen LogP contribution in [0, 0.1) is 11.8 Å². The monoisotopic (exact) mass is 251 g/mol. The smallest absolute Gasteiger partial charge is 0.254 e. The summed E-state index contributed by atoms with van der Waals surface area (Å²) in [7, 11) is 0. The first-order valence-corrected chi connectivity index (χ1v) is 5.92. The van der Waals surface area contributed by atoms with Gasteiger partial charge in [-0.3, -0.25) is 4.40 Å². The van der Waals surface area contributed by atoms with Gasteiger partial charge < -0.3 is 5.73 Å². The fraction of sp³-hybridized carbons (Fsp3) is 0.545. The number of anilines is 1. The second kappa shape index (κ2) is 2.96. The van der Waals surface area contributed by atoms with E-state index in [9.17, 15) is 8.78 Å². The molecule has 0 aliphatic heterocycles. The number of nitrogens with two attached hydrogens (primary N) is 1. The molecule has 2 heterocycles. The second-order valence-electron chi connectivity index (χ2n) is 5.12. The summed E-state index contributed by atoms with van der Waals surface area (Å²) in [5.74, 6) is -2.29. The highest BCUT2D eigenvalue weighted by Gasteiger charge is 2.71. The molecule has 0 spiro atoms. The Bertz CT molecular complexity index is 623. The van der Waals surface area contributed by atoms with E-state index in [1.54, 1.807) is 16.8 Å². The van der Waals surface area contributed by atoms with E-state index in [-0.39, 0.29) is 5.92 Å². The summed E-state index contributed by atoms with van der Waals surface area (Å²) in [6.07, 6.45) is 4.27. The first kappa shape index (κ1) is 10.2. The lowest BCUT2D eigenvalue weighted by molar-refractivity contribution is 0.0690. The van der Waals surface area contributed by atoms with Crippen LogP contribution in [0.5, 0.6) is 0 Å². The van der Waals surface area contributed by atoms with Crippen molar-refractivity contribution in [3.05, 3.63) is 18.2 Å². The molecule has 2 aromatic heterocycles. The number of hydrogen-bond acceptors (Lipinski definition) is 4. The summed E-state index contributed by atoms with van der Waals surface area (Å²) < 4.78 is 28.1. The van der Waals surface area contributed by atoms with Crippen molar-refractivity contribution in [3.63, 3.8) is 0 Å².